The van der Waals surface area contributed by atoms with Crippen LogP contribution in [0.2, 0.25) is 15.3 Å². The van der Waals surface area contributed by atoms with Crippen molar-refractivity contribution in [1.29, 1.82) is 0 Å². The van der Waals surface area contributed by atoms with Gasteiger partial charge in [-0.05, 0) is 48.0 Å². The number of hydrogen-bond donors (Lipinski definition) is 1. The van der Waals surface area contributed by atoms with Crippen molar-refractivity contribution >= 4 is 46.4 Å². The van der Waals surface area contributed by atoms with E-state index >= 15 is 0 Å². The number of amides is 1. The Morgan fingerprint density at radius 2 is 1.68 bits per heavy atom. The van der Waals surface area contributed by atoms with Gasteiger partial charge >= 0.3 is 0 Å². The Labute approximate surface area is 204 Å². The summed E-state index contributed by atoms with van der Waals surface area (Å²) in [6.45, 7) is -0.299. The maximum absolute atomic E-state index is 13.8. The summed E-state index contributed by atoms with van der Waals surface area (Å²) in [6.07, 6.45) is 1.19. The molecule has 0 atom stereocenters. The lowest BCUT2D eigenvalue weighted by Crippen LogP contribution is -2.19. The van der Waals surface area contributed by atoms with Gasteiger partial charge in [-0.1, -0.05) is 34.8 Å². The Morgan fingerprint density at radius 1 is 0.971 bits per heavy atom. The molecule has 4 aromatic rings. The van der Waals surface area contributed by atoms with Crippen LogP contribution in [0.5, 0.6) is 0 Å². The van der Waals surface area contributed by atoms with E-state index in [1.807, 2.05) is 0 Å². The number of aromatic nitrogens is 3. The average Bonchev–Trinajstić information content (AvgIpc) is 3.17. The number of nitrogens with zero attached hydrogens (tertiary/aromatic N) is 3. The van der Waals surface area contributed by atoms with Gasteiger partial charge in [-0.15, -0.1) is 0 Å². The number of carbonyl (C=O) groups excluding carboxylic acids is 1. The van der Waals surface area contributed by atoms with E-state index in [-0.39, 0.29) is 50.2 Å². The van der Waals surface area contributed by atoms with Gasteiger partial charge in [0.05, 0.1) is 23.5 Å². The van der Waals surface area contributed by atoms with Crippen molar-refractivity contribution in [3.05, 3.63) is 98.5 Å². The molecule has 174 valence electrons. The van der Waals surface area contributed by atoms with Crippen molar-refractivity contribution in [3.8, 4) is 11.4 Å². The van der Waals surface area contributed by atoms with Crippen LogP contribution >= 0.6 is 34.8 Å². The molecule has 0 saturated carbocycles. The number of anilines is 1. The topological polar surface area (TPSA) is 59.8 Å². The van der Waals surface area contributed by atoms with Crippen molar-refractivity contribution in [2.75, 3.05) is 5.32 Å². The molecule has 34 heavy (non-hydrogen) atoms. The van der Waals surface area contributed by atoms with E-state index in [2.05, 4.69) is 15.3 Å². The number of pyridine rings is 1. The van der Waals surface area contributed by atoms with Crippen molar-refractivity contribution in [2.24, 2.45) is 0 Å². The molecule has 1 N–H and O–H groups in total. The van der Waals surface area contributed by atoms with E-state index in [1.165, 1.54) is 29.0 Å². The van der Waals surface area contributed by atoms with E-state index in [9.17, 15) is 22.4 Å². The molecular formula is C22H11Cl3F4N4O. The number of carbonyl (C=O) groups is 1. The summed E-state index contributed by atoms with van der Waals surface area (Å²) >= 11 is 17.9. The molecule has 0 spiro atoms. The minimum atomic E-state index is -1.63. The molecule has 0 aliphatic carbocycles. The Kier molecular flexibility index (Phi) is 6.79. The van der Waals surface area contributed by atoms with E-state index in [0.29, 0.717) is 0 Å². The Hall–Kier alpha value is -3.14. The van der Waals surface area contributed by atoms with Crippen LogP contribution in [-0.4, -0.2) is 20.4 Å². The SMILES string of the molecule is O=C(Nc1ccc(Cl)nc1Cl)c1cnc(-c2ccc(F)cc2Cl)n1Cc1cc(F)c(F)c(F)c1. The first-order valence-corrected chi connectivity index (χ1v) is 10.5. The first-order chi connectivity index (χ1) is 16.1. The first kappa shape index (κ1) is 24.0. The first-order valence-electron chi connectivity index (χ1n) is 9.42. The van der Waals surface area contributed by atoms with Crippen molar-refractivity contribution in [3.63, 3.8) is 0 Å². The quantitative estimate of drug-likeness (QED) is 0.176. The highest BCUT2D eigenvalue weighted by Crippen LogP contribution is 2.30. The zero-order valence-electron chi connectivity index (χ0n) is 16.7. The van der Waals surface area contributed by atoms with Crippen molar-refractivity contribution < 1.29 is 22.4 Å². The molecule has 2 aromatic carbocycles. The summed E-state index contributed by atoms with van der Waals surface area (Å²) in [5.41, 5.74) is 0.320. The number of rotatable bonds is 5. The van der Waals surface area contributed by atoms with Crippen LogP contribution in [0.4, 0.5) is 23.2 Å². The van der Waals surface area contributed by atoms with Gasteiger partial charge in [0.15, 0.2) is 22.6 Å². The average molecular weight is 530 g/mol. The van der Waals surface area contributed by atoms with Gasteiger partial charge < -0.3 is 9.88 Å². The van der Waals surface area contributed by atoms with Crippen molar-refractivity contribution in [1.82, 2.24) is 14.5 Å². The molecule has 0 aliphatic heterocycles. The van der Waals surface area contributed by atoms with E-state index < -0.39 is 29.2 Å². The molecule has 2 heterocycles. The minimum Gasteiger partial charge on any atom is -0.318 e. The summed E-state index contributed by atoms with van der Waals surface area (Å²) in [6, 6.07) is 7.94. The normalized spacial score (nSPS) is 11.0. The molecule has 12 heteroatoms. The van der Waals surface area contributed by atoms with Gasteiger partial charge in [-0.2, -0.15) is 0 Å². The molecule has 0 bridgehead atoms. The molecule has 2 aromatic heterocycles. The summed E-state index contributed by atoms with van der Waals surface area (Å²) in [4.78, 5) is 21.1. The van der Waals surface area contributed by atoms with Crippen LogP contribution in [0.15, 0.2) is 48.7 Å². The van der Waals surface area contributed by atoms with Crippen LogP contribution in [-0.2, 0) is 6.54 Å². The third-order valence-electron chi connectivity index (χ3n) is 4.71. The smallest absolute Gasteiger partial charge is 0.274 e. The molecule has 0 radical (unpaired) electrons. The van der Waals surface area contributed by atoms with Crippen LogP contribution in [0, 0.1) is 23.3 Å². The predicted octanol–water partition coefficient (Wildman–Crippen LogP) is 6.76. The lowest BCUT2D eigenvalue weighted by Gasteiger charge is -2.14. The van der Waals surface area contributed by atoms with Gasteiger partial charge in [0.2, 0.25) is 0 Å². The molecule has 0 saturated heterocycles. The van der Waals surface area contributed by atoms with Gasteiger partial charge in [-0.3, -0.25) is 4.79 Å². The lowest BCUT2D eigenvalue weighted by atomic mass is 10.1. The third-order valence-corrected chi connectivity index (χ3v) is 5.52. The fourth-order valence-corrected chi connectivity index (χ4v) is 3.82. The van der Waals surface area contributed by atoms with E-state index in [1.54, 1.807) is 0 Å². The van der Waals surface area contributed by atoms with E-state index in [0.717, 1.165) is 24.3 Å². The van der Waals surface area contributed by atoms with Gasteiger partial charge in [-0.25, -0.2) is 27.5 Å². The number of benzene rings is 2. The van der Waals surface area contributed by atoms with Gasteiger partial charge in [0.1, 0.15) is 22.5 Å². The third kappa shape index (κ3) is 4.86. The van der Waals surface area contributed by atoms with E-state index in [4.69, 9.17) is 34.8 Å². The number of imidazole rings is 1. The highest BCUT2D eigenvalue weighted by Gasteiger charge is 2.22. The summed E-state index contributed by atoms with van der Waals surface area (Å²) in [7, 11) is 0. The molecule has 0 unspecified atom stereocenters. The zero-order chi connectivity index (χ0) is 24.6. The monoisotopic (exact) mass is 528 g/mol. The summed E-state index contributed by atoms with van der Waals surface area (Å²) in [5, 5.41) is 2.57. The molecule has 4 rings (SSSR count). The molecule has 1 amide bonds. The summed E-state index contributed by atoms with van der Waals surface area (Å²) in [5.74, 6) is -5.63. The number of hydrogen-bond acceptors (Lipinski definition) is 3. The maximum atomic E-state index is 13.8. The molecule has 0 aliphatic rings. The fraction of sp³-hybridized carbons (Fsp3) is 0.0455. The molecular weight excluding hydrogens is 519 g/mol. The largest absolute Gasteiger partial charge is 0.318 e. The predicted molar refractivity (Wildman–Crippen MR) is 120 cm³/mol. The highest BCUT2D eigenvalue weighted by molar-refractivity contribution is 6.34. The van der Waals surface area contributed by atoms with Crippen LogP contribution < -0.4 is 5.32 Å². The molecule has 0 fully saturated rings. The number of halogens is 7. The minimum absolute atomic E-state index is 0.00544. The second-order valence-corrected chi connectivity index (χ2v) is 8.13. The second-order valence-electron chi connectivity index (χ2n) is 6.98. The second kappa shape index (κ2) is 9.61. The summed E-state index contributed by atoms with van der Waals surface area (Å²) < 4.78 is 55.9. The Bertz CT molecular complexity index is 1400. The lowest BCUT2D eigenvalue weighted by molar-refractivity contribution is 0.101. The van der Waals surface area contributed by atoms with Gasteiger partial charge in [0, 0.05) is 5.56 Å². The fourth-order valence-electron chi connectivity index (χ4n) is 3.18. The standard InChI is InChI=1S/C22H11Cl3F4N4O/c23-13-7-11(26)1-2-12(13)21-30-8-17(22(34)31-16-3-4-18(24)32-20(16)25)33(21)9-10-5-14(27)19(29)15(28)6-10/h1-8H,9H2,(H,31,34). The zero-order valence-corrected chi connectivity index (χ0v) is 19.0. The maximum Gasteiger partial charge on any atom is 0.274 e. The van der Waals surface area contributed by atoms with Crippen LogP contribution in [0.25, 0.3) is 11.4 Å². The number of nitrogens with one attached hydrogen (secondary N) is 1. The Balaban J connectivity index is 1.80. The van der Waals surface area contributed by atoms with Crippen LogP contribution in [0.3, 0.4) is 0 Å². The van der Waals surface area contributed by atoms with Crippen molar-refractivity contribution in [2.45, 2.75) is 6.54 Å². The van der Waals surface area contributed by atoms with Crippen LogP contribution in [0.1, 0.15) is 16.1 Å². The Morgan fingerprint density at radius 3 is 2.32 bits per heavy atom. The highest BCUT2D eigenvalue weighted by atomic mass is 35.5. The molecule has 5 nitrogen and oxygen atoms in total. The van der Waals surface area contributed by atoms with Gasteiger partial charge in [0.25, 0.3) is 5.91 Å².